The van der Waals surface area contributed by atoms with E-state index in [0.717, 1.165) is 70.3 Å². The summed E-state index contributed by atoms with van der Waals surface area (Å²) in [5.74, 6) is 2.02. The molecule has 4 rings (SSSR count). The fourth-order valence-electron chi connectivity index (χ4n) is 4.74. The number of ether oxygens (including phenoxy) is 1. The molecule has 2 atom stereocenters. The Labute approximate surface area is 163 Å². The number of amides is 1. The van der Waals surface area contributed by atoms with Crippen LogP contribution in [-0.2, 0) is 17.8 Å². The molecule has 2 unspecified atom stereocenters. The minimum Gasteiger partial charge on any atom is -0.493 e. The summed E-state index contributed by atoms with van der Waals surface area (Å²) in [6, 6.07) is 7.00. The van der Waals surface area contributed by atoms with E-state index < -0.39 is 0 Å². The van der Waals surface area contributed by atoms with Crippen LogP contribution in [0.3, 0.4) is 0 Å². The van der Waals surface area contributed by atoms with E-state index in [4.69, 9.17) is 4.74 Å². The molecule has 5 nitrogen and oxygen atoms in total. The van der Waals surface area contributed by atoms with Gasteiger partial charge < -0.3 is 10.1 Å². The Morgan fingerprint density at radius 1 is 1.19 bits per heavy atom. The zero-order chi connectivity index (χ0) is 18.6. The second-order valence-corrected chi connectivity index (χ2v) is 8.63. The van der Waals surface area contributed by atoms with Crippen molar-refractivity contribution in [2.75, 3.05) is 39.3 Å². The molecule has 2 fully saturated rings. The Morgan fingerprint density at radius 2 is 2.00 bits per heavy atom. The summed E-state index contributed by atoms with van der Waals surface area (Å²) >= 11 is 0. The van der Waals surface area contributed by atoms with Crippen LogP contribution in [0.1, 0.15) is 43.7 Å². The van der Waals surface area contributed by atoms with Crippen molar-refractivity contribution in [2.45, 2.75) is 51.6 Å². The maximum atomic E-state index is 12.4. The zero-order valence-electron chi connectivity index (χ0n) is 16.6. The fraction of sp³-hybridized carbons (Fsp3) is 0.682. The van der Waals surface area contributed by atoms with Gasteiger partial charge in [-0.3, -0.25) is 14.6 Å². The summed E-state index contributed by atoms with van der Waals surface area (Å²) in [6.45, 7) is 8.67. The molecule has 1 aliphatic carbocycles. The van der Waals surface area contributed by atoms with Gasteiger partial charge in [0.1, 0.15) is 5.75 Å². The van der Waals surface area contributed by atoms with E-state index in [9.17, 15) is 4.79 Å². The van der Waals surface area contributed by atoms with Gasteiger partial charge in [-0.25, -0.2) is 0 Å². The molecule has 148 valence electrons. The van der Waals surface area contributed by atoms with E-state index in [1.165, 1.54) is 24.0 Å². The average molecular weight is 372 g/mol. The molecule has 1 N–H and O–H groups in total. The summed E-state index contributed by atoms with van der Waals surface area (Å²) in [5.41, 5.74) is 2.72. The van der Waals surface area contributed by atoms with Gasteiger partial charge in [0, 0.05) is 45.2 Å². The van der Waals surface area contributed by atoms with Crippen LogP contribution in [0, 0.1) is 5.92 Å². The summed E-state index contributed by atoms with van der Waals surface area (Å²) in [5, 5.41) is 3.27. The molecule has 0 spiro atoms. The van der Waals surface area contributed by atoms with Gasteiger partial charge in [-0.05, 0) is 36.0 Å². The predicted molar refractivity (Wildman–Crippen MR) is 107 cm³/mol. The molecule has 0 radical (unpaired) electrons. The summed E-state index contributed by atoms with van der Waals surface area (Å²) < 4.78 is 5.60. The van der Waals surface area contributed by atoms with Crippen LogP contribution >= 0.6 is 0 Å². The molecule has 1 aromatic rings. The van der Waals surface area contributed by atoms with Crippen LogP contribution in [0.4, 0.5) is 0 Å². The third-order valence-corrected chi connectivity index (χ3v) is 6.29. The lowest BCUT2D eigenvalue weighted by molar-refractivity contribution is -0.123. The van der Waals surface area contributed by atoms with Crippen LogP contribution in [0.25, 0.3) is 0 Å². The number of nitrogens with one attached hydrogen (secondary N) is 1. The molecule has 0 aromatic heterocycles. The van der Waals surface area contributed by atoms with Crippen molar-refractivity contribution in [1.29, 1.82) is 0 Å². The van der Waals surface area contributed by atoms with Crippen molar-refractivity contribution in [3.63, 3.8) is 0 Å². The first-order valence-electron chi connectivity index (χ1n) is 10.6. The van der Waals surface area contributed by atoms with Crippen molar-refractivity contribution < 1.29 is 9.53 Å². The lowest BCUT2D eigenvalue weighted by Crippen LogP contribution is -2.50. The van der Waals surface area contributed by atoms with Crippen LogP contribution in [0.2, 0.25) is 0 Å². The highest BCUT2D eigenvalue weighted by molar-refractivity contribution is 5.78. The van der Waals surface area contributed by atoms with Gasteiger partial charge in [0.15, 0.2) is 0 Å². The summed E-state index contributed by atoms with van der Waals surface area (Å²) in [7, 11) is 0. The highest BCUT2D eigenvalue weighted by Crippen LogP contribution is 2.26. The van der Waals surface area contributed by atoms with Gasteiger partial charge in [-0.1, -0.05) is 31.9 Å². The molecule has 1 amide bonds. The Morgan fingerprint density at radius 3 is 2.81 bits per heavy atom. The Balaban J connectivity index is 1.19. The van der Waals surface area contributed by atoms with E-state index in [2.05, 4.69) is 40.2 Å². The first-order chi connectivity index (χ1) is 13.2. The van der Waals surface area contributed by atoms with Gasteiger partial charge >= 0.3 is 0 Å². The molecule has 27 heavy (non-hydrogen) atoms. The fourth-order valence-corrected chi connectivity index (χ4v) is 4.74. The topological polar surface area (TPSA) is 44.8 Å². The number of rotatable bonds is 5. The molecular formula is C22H33N3O2. The van der Waals surface area contributed by atoms with Gasteiger partial charge in [0.05, 0.1) is 13.2 Å². The van der Waals surface area contributed by atoms with E-state index in [-0.39, 0.29) is 5.91 Å². The van der Waals surface area contributed by atoms with Gasteiger partial charge in [-0.2, -0.15) is 0 Å². The molecule has 1 aromatic carbocycles. The Bertz CT molecular complexity index is 655. The number of carbonyl (C=O) groups is 1. The van der Waals surface area contributed by atoms with E-state index in [1.54, 1.807) is 0 Å². The van der Waals surface area contributed by atoms with Gasteiger partial charge in [-0.15, -0.1) is 0 Å². The third kappa shape index (κ3) is 5.02. The molecule has 0 bridgehead atoms. The van der Waals surface area contributed by atoms with Crippen molar-refractivity contribution in [2.24, 2.45) is 5.92 Å². The van der Waals surface area contributed by atoms with E-state index >= 15 is 0 Å². The maximum absolute atomic E-state index is 12.4. The number of piperazine rings is 1. The largest absolute Gasteiger partial charge is 0.493 e. The highest BCUT2D eigenvalue weighted by atomic mass is 16.5. The Kier molecular flexibility index (Phi) is 5.98. The molecule has 2 aliphatic heterocycles. The van der Waals surface area contributed by atoms with E-state index in [0.29, 0.717) is 12.6 Å². The smallest absolute Gasteiger partial charge is 0.234 e. The quantitative estimate of drug-likeness (QED) is 0.863. The first-order valence-corrected chi connectivity index (χ1v) is 10.6. The minimum absolute atomic E-state index is 0.209. The molecule has 2 heterocycles. The molecule has 1 saturated heterocycles. The molecule has 1 saturated carbocycles. The lowest BCUT2D eigenvalue weighted by atomic mass is 9.87. The van der Waals surface area contributed by atoms with Crippen molar-refractivity contribution in [1.82, 2.24) is 15.1 Å². The second kappa shape index (κ2) is 8.61. The van der Waals surface area contributed by atoms with Gasteiger partial charge in [0.2, 0.25) is 5.91 Å². The molecular weight excluding hydrogens is 338 g/mol. The standard InChI is InChI=1S/C22H33N3O2/c1-17-3-2-4-20(13-17)23-22(26)16-25-10-8-24(9-11-25)15-18-5-6-21-19(14-18)7-12-27-21/h5-6,14,17,20H,2-4,7-13,15-16H2,1H3,(H,23,26). The molecule has 3 aliphatic rings. The monoisotopic (exact) mass is 371 g/mol. The Hall–Kier alpha value is -1.59. The zero-order valence-corrected chi connectivity index (χ0v) is 16.6. The van der Waals surface area contributed by atoms with Crippen LogP contribution in [0.5, 0.6) is 5.75 Å². The van der Waals surface area contributed by atoms with Gasteiger partial charge in [0.25, 0.3) is 0 Å². The second-order valence-electron chi connectivity index (χ2n) is 8.63. The van der Waals surface area contributed by atoms with E-state index in [1.807, 2.05) is 0 Å². The SMILES string of the molecule is CC1CCCC(NC(=O)CN2CCN(Cc3ccc4c(c3)CCO4)CC2)C1. The summed E-state index contributed by atoms with van der Waals surface area (Å²) in [6.07, 6.45) is 5.89. The van der Waals surface area contributed by atoms with Crippen molar-refractivity contribution >= 4 is 5.91 Å². The first kappa shape index (κ1) is 18.8. The number of hydrogen-bond donors (Lipinski definition) is 1. The number of nitrogens with zero attached hydrogens (tertiary/aromatic N) is 2. The average Bonchev–Trinajstić information content (AvgIpc) is 3.11. The van der Waals surface area contributed by atoms with Crippen LogP contribution in [-0.4, -0.2) is 61.1 Å². The third-order valence-electron chi connectivity index (χ3n) is 6.29. The number of carbonyl (C=O) groups excluding carboxylic acids is 1. The number of fused-ring (bicyclic) bond motifs is 1. The number of hydrogen-bond acceptors (Lipinski definition) is 4. The summed E-state index contributed by atoms with van der Waals surface area (Å²) in [4.78, 5) is 17.2. The van der Waals surface area contributed by atoms with Crippen molar-refractivity contribution in [3.05, 3.63) is 29.3 Å². The lowest BCUT2D eigenvalue weighted by Gasteiger charge is -2.35. The normalized spacial score (nSPS) is 26.4. The van der Waals surface area contributed by atoms with Crippen LogP contribution in [0.15, 0.2) is 18.2 Å². The number of benzene rings is 1. The molecule has 5 heteroatoms. The maximum Gasteiger partial charge on any atom is 0.234 e. The van der Waals surface area contributed by atoms with Crippen molar-refractivity contribution in [3.8, 4) is 5.75 Å². The van der Waals surface area contributed by atoms with Crippen LogP contribution < -0.4 is 10.1 Å². The highest BCUT2D eigenvalue weighted by Gasteiger charge is 2.23. The predicted octanol–water partition coefficient (Wildman–Crippen LogP) is 2.43. The minimum atomic E-state index is 0.209.